The van der Waals surface area contributed by atoms with Gasteiger partial charge in [0.15, 0.2) is 0 Å². The average Bonchev–Trinajstić information content (AvgIpc) is 2.88. The molecule has 2 rings (SSSR count). The van der Waals surface area contributed by atoms with Crippen molar-refractivity contribution >= 4 is 10.0 Å². The van der Waals surface area contributed by atoms with Gasteiger partial charge >= 0.3 is 0 Å². The lowest BCUT2D eigenvalue weighted by molar-refractivity contribution is 0.277. The summed E-state index contributed by atoms with van der Waals surface area (Å²) in [5.41, 5.74) is 0.469. The lowest BCUT2D eigenvalue weighted by atomic mass is 10.0. The van der Waals surface area contributed by atoms with Crippen LogP contribution in [-0.2, 0) is 16.6 Å². The molecule has 0 aliphatic carbocycles. The molecule has 1 heterocycles. The standard InChI is InChI=1S/C14H21NO3S/c1-11(2)13-7-5-9-15(13)19(17,18)14-8-4-3-6-12(14)10-16/h3-4,6,8,11,13,16H,5,7,9-10H2,1-2H3. The van der Waals surface area contributed by atoms with E-state index in [0.29, 0.717) is 18.0 Å². The van der Waals surface area contributed by atoms with Crippen molar-refractivity contribution in [3.63, 3.8) is 0 Å². The van der Waals surface area contributed by atoms with Crippen molar-refractivity contribution < 1.29 is 13.5 Å². The molecule has 1 atom stereocenters. The molecule has 0 bridgehead atoms. The molecule has 4 nitrogen and oxygen atoms in total. The van der Waals surface area contributed by atoms with Gasteiger partial charge in [-0.2, -0.15) is 4.31 Å². The van der Waals surface area contributed by atoms with Crippen LogP contribution in [0, 0.1) is 5.92 Å². The zero-order valence-electron chi connectivity index (χ0n) is 11.4. The molecule has 0 aromatic heterocycles. The van der Waals surface area contributed by atoms with Crippen LogP contribution in [0.15, 0.2) is 29.2 Å². The Balaban J connectivity index is 2.42. The average molecular weight is 283 g/mol. The van der Waals surface area contributed by atoms with Gasteiger partial charge < -0.3 is 5.11 Å². The summed E-state index contributed by atoms with van der Waals surface area (Å²) in [5, 5.41) is 9.32. The van der Waals surface area contributed by atoms with Gasteiger partial charge in [-0.15, -0.1) is 0 Å². The lowest BCUT2D eigenvalue weighted by Crippen LogP contribution is -2.38. The van der Waals surface area contributed by atoms with Crippen molar-refractivity contribution in [2.45, 2.75) is 44.2 Å². The third-order valence-electron chi connectivity index (χ3n) is 3.75. The van der Waals surface area contributed by atoms with Gasteiger partial charge in [0, 0.05) is 12.6 Å². The van der Waals surface area contributed by atoms with E-state index in [1.165, 1.54) is 0 Å². The molecular weight excluding hydrogens is 262 g/mol. The van der Waals surface area contributed by atoms with Gasteiger partial charge in [0.2, 0.25) is 10.0 Å². The van der Waals surface area contributed by atoms with Crippen molar-refractivity contribution in [1.29, 1.82) is 0 Å². The normalized spacial score (nSPS) is 21.2. The summed E-state index contributed by atoms with van der Waals surface area (Å²) >= 11 is 0. The number of hydrogen-bond acceptors (Lipinski definition) is 3. The van der Waals surface area contributed by atoms with Crippen LogP contribution in [0.4, 0.5) is 0 Å². The van der Waals surface area contributed by atoms with Gasteiger partial charge in [0.1, 0.15) is 0 Å². The van der Waals surface area contributed by atoms with Gasteiger partial charge in [-0.25, -0.2) is 8.42 Å². The van der Waals surface area contributed by atoms with Gasteiger partial charge in [-0.3, -0.25) is 0 Å². The predicted molar refractivity (Wildman–Crippen MR) is 74.1 cm³/mol. The van der Waals surface area contributed by atoms with Gasteiger partial charge in [0.25, 0.3) is 0 Å². The van der Waals surface area contributed by atoms with Crippen LogP contribution in [0.1, 0.15) is 32.3 Å². The van der Waals surface area contributed by atoms with E-state index in [1.807, 2.05) is 0 Å². The Labute approximate surface area is 115 Å². The topological polar surface area (TPSA) is 57.6 Å². The Kier molecular flexibility index (Phi) is 4.28. The number of benzene rings is 1. The van der Waals surface area contributed by atoms with Gasteiger partial charge in [-0.05, 0) is 30.4 Å². The third-order valence-corrected chi connectivity index (χ3v) is 5.77. The Morgan fingerprint density at radius 1 is 1.37 bits per heavy atom. The van der Waals surface area contributed by atoms with E-state index in [2.05, 4.69) is 13.8 Å². The van der Waals surface area contributed by atoms with Crippen LogP contribution in [-0.4, -0.2) is 30.4 Å². The molecule has 0 amide bonds. The van der Waals surface area contributed by atoms with Crippen LogP contribution in [0.2, 0.25) is 0 Å². The maximum Gasteiger partial charge on any atom is 0.243 e. The Hall–Kier alpha value is -0.910. The molecule has 5 heteroatoms. The second kappa shape index (κ2) is 5.61. The molecule has 1 aliphatic rings. The Morgan fingerprint density at radius 3 is 2.68 bits per heavy atom. The van der Waals surface area contributed by atoms with Crippen LogP contribution in [0.3, 0.4) is 0 Å². The Morgan fingerprint density at radius 2 is 2.05 bits per heavy atom. The smallest absolute Gasteiger partial charge is 0.243 e. The van der Waals surface area contributed by atoms with E-state index in [0.717, 1.165) is 12.8 Å². The second-order valence-corrected chi connectivity index (χ2v) is 7.19. The molecule has 1 aromatic carbocycles. The molecule has 0 saturated carbocycles. The molecule has 1 N–H and O–H groups in total. The van der Waals surface area contributed by atoms with E-state index in [9.17, 15) is 13.5 Å². The molecule has 0 radical (unpaired) electrons. The zero-order chi connectivity index (χ0) is 14.0. The first kappa shape index (κ1) is 14.5. The molecule has 1 saturated heterocycles. The van der Waals surface area contributed by atoms with Crippen molar-refractivity contribution in [3.8, 4) is 0 Å². The molecule has 1 unspecified atom stereocenters. The summed E-state index contributed by atoms with van der Waals surface area (Å²) in [4.78, 5) is 0.241. The van der Waals surface area contributed by atoms with Crippen molar-refractivity contribution in [2.24, 2.45) is 5.92 Å². The number of aliphatic hydroxyl groups is 1. The van der Waals surface area contributed by atoms with Gasteiger partial charge in [0.05, 0.1) is 11.5 Å². The Bertz CT molecular complexity index is 539. The molecule has 1 fully saturated rings. The van der Waals surface area contributed by atoms with Crippen LogP contribution in [0.25, 0.3) is 0 Å². The quantitative estimate of drug-likeness (QED) is 0.919. The van der Waals surface area contributed by atoms with Crippen molar-refractivity contribution in [2.75, 3.05) is 6.54 Å². The molecular formula is C14H21NO3S. The van der Waals surface area contributed by atoms with E-state index < -0.39 is 10.0 Å². The highest BCUT2D eigenvalue weighted by molar-refractivity contribution is 7.89. The van der Waals surface area contributed by atoms with E-state index in [1.54, 1.807) is 28.6 Å². The number of aliphatic hydroxyl groups excluding tert-OH is 1. The van der Waals surface area contributed by atoms with Crippen LogP contribution >= 0.6 is 0 Å². The summed E-state index contributed by atoms with van der Waals surface area (Å²) in [6, 6.07) is 6.75. The largest absolute Gasteiger partial charge is 0.392 e. The summed E-state index contributed by atoms with van der Waals surface area (Å²) in [7, 11) is -3.50. The highest BCUT2D eigenvalue weighted by atomic mass is 32.2. The number of sulfonamides is 1. The first-order chi connectivity index (χ1) is 8.98. The lowest BCUT2D eigenvalue weighted by Gasteiger charge is -2.27. The van der Waals surface area contributed by atoms with Gasteiger partial charge in [-0.1, -0.05) is 32.0 Å². The fraction of sp³-hybridized carbons (Fsp3) is 0.571. The summed E-state index contributed by atoms with van der Waals surface area (Å²) in [6.07, 6.45) is 1.82. The second-order valence-electron chi connectivity index (χ2n) is 5.34. The van der Waals surface area contributed by atoms with Crippen LogP contribution < -0.4 is 0 Å². The maximum atomic E-state index is 12.7. The third kappa shape index (κ3) is 2.68. The predicted octanol–water partition coefficient (Wildman–Crippen LogP) is 1.99. The first-order valence-corrected chi connectivity index (χ1v) is 8.13. The number of hydrogen-bond donors (Lipinski definition) is 1. The number of rotatable bonds is 4. The zero-order valence-corrected chi connectivity index (χ0v) is 12.2. The summed E-state index contributed by atoms with van der Waals surface area (Å²) < 4.78 is 27.1. The fourth-order valence-corrected chi connectivity index (χ4v) is 4.78. The van der Waals surface area contributed by atoms with Crippen molar-refractivity contribution in [3.05, 3.63) is 29.8 Å². The minimum absolute atomic E-state index is 0.0664. The molecule has 1 aliphatic heterocycles. The summed E-state index contributed by atoms with van der Waals surface area (Å²) in [5.74, 6) is 0.304. The maximum absolute atomic E-state index is 12.7. The number of nitrogens with zero attached hydrogens (tertiary/aromatic N) is 1. The highest BCUT2D eigenvalue weighted by Crippen LogP contribution is 2.31. The van der Waals surface area contributed by atoms with E-state index in [4.69, 9.17) is 0 Å². The minimum atomic E-state index is -3.50. The SMILES string of the molecule is CC(C)C1CCCN1S(=O)(=O)c1ccccc1CO. The molecule has 0 spiro atoms. The fourth-order valence-electron chi connectivity index (χ4n) is 2.74. The molecule has 1 aromatic rings. The molecule has 106 valence electrons. The van der Waals surface area contributed by atoms with E-state index in [-0.39, 0.29) is 17.5 Å². The van der Waals surface area contributed by atoms with E-state index >= 15 is 0 Å². The first-order valence-electron chi connectivity index (χ1n) is 6.69. The highest BCUT2D eigenvalue weighted by Gasteiger charge is 2.37. The summed E-state index contributed by atoms with van der Waals surface area (Å²) in [6.45, 7) is 4.42. The monoisotopic (exact) mass is 283 g/mol. The van der Waals surface area contributed by atoms with Crippen molar-refractivity contribution in [1.82, 2.24) is 4.31 Å². The van der Waals surface area contributed by atoms with Crippen LogP contribution in [0.5, 0.6) is 0 Å². The minimum Gasteiger partial charge on any atom is -0.392 e. The molecule has 19 heavy (non-hydrogen) atoms.